The van der Waals surface area contributed by atoms with E-state index in [2.05, 4.69) is 19.9 Å². The molecule has 3 rings (SSSR count). The molecule has 110 valence electrons. The van der Waals surface area contributed by atoms with E-state index in [1.165, 1.54) is 25.7 Å². The maximum atomic E-state index is 5.89. The fraction of sp³-hybridized carbons (Fsp3) is 0.500. The quantitative estimate of drug-likeness (QED) is 0.856. The summed E-state index contributed by atoms with van der Waals surface area (Å²) in [5.74, 6) is 2.12. The second-order valence-electron chi connectivity index (χ2n) is 5.73. The SMILES string of the molecule is Cc1cccc(-c2nc(N)nc(C3CCCCCC3)n2)n1. The molecule has 2 aromatic rings. The second kappa shape index (κ2) is 6.16. The van der Waals surface area contributed by atoms with Crippen LogP contribution in [-0.4, -0.2) is 19.9 Å². The molecule has 1 fully saturated rings. The van der Waals surface area contributed by atoms with Crippen LogP contribution in [0.2, 0.25) is 0 Å². The molecule has 5 heteroatoms. The van der Waals surface area contributed by atoms with Gasteiger partial charge in [0.1, 0.15) is 11.5 Å². The highest BCUT2D eigenvalue weighted by atomic mass is 15.1. The summed E-state index contributed by atoms with van der Waals surface area (Å²) in [6.07, 6.45) is 7.39. The summed E-state index contributed by atoms with van der Waals surface area (Å²) >= 11 is 0. The van der Waals surface area contributed by atoms with Crippen molar-refractivity contribution < 1.29 is 0 Å². The molecule has 0 radical (unpaired) electrons. The summed E-state index contributed by atoms with van der Waals surface area (Å²) in [6, 6.07) is 5.84. The van der Waals surface area contributed by atoms with Crippen LogP contribution in [-0.2, 0) is 0 Å². The van der Waals surface area contributed by atoms with Gasteiger partial charge in [-0.2, -0.15) is 9.97 Å². The summed E-state index contributed by atoms with van der Waals surface area (Å²) in [5.41, 5.74) is 7.60. The highest BCUT2D eigenvalue weighted by Gasteiger charge is 2.19. The minimum atomic E-state index is 0.294. The molecule has 0 saturated heterocycles. The molecular weight excluding hydrogens is 262 g/mol. The number of nitrogens with zero attached hydrogens (tertiary/aromatic N) is 4. The lowest BCUT2D eigenvalue weighted by molar-refractivity contribution is 0.559. The van der Waals surface area contributed by atoms with Crippen molar-refractivity contribution in [2.45, 2.75) is 51.4 Å². The van der Waals surface area contributed by atoms with Gasteiger partial charge in [-0.1, -0.05) is 31.7 Å². The minimum Gasteiger partial charge on any atom is -0.368 e. The van der Waals surface area contributed by atoms with Crippen molar-refractivity contribution in [3.8, 4) is 11.5 Å². The van der Waals surface area contributed by atoms with Crippen LogP contribution in [0.3, 0.4) is 0 Å². The molecule has 1 aliphatic rings. The van der Waals surface area contributed by atoms with Gasteiger partial charge in [0.25, 0.3) is 0 Å². The Morgan fingerprint density at radius 3 is 2.43 bits per heavy atom. The van der Waals surface area contributed by atoms with Gasteiger partial charge in [-0.15, -0.1) is 0 Å². The molecule has 0 spiro atoms. The van der Waals surface area contributed by atoms with Crippen molar-refractivity contribution in [3.63, 3.8) is 0 Å². The van der Waals surface area contributed by atoms with Gasteiger partial charge >= 0.3 is 0 Å². The number of hydrogen-bond acceptors (Lipinski definition) is 5. The third kappa shape index (κ3) is 3.35. The molecular formula is C16H21N5. The van der Waals surface area contributed by atoms with Crippen molar-refractivity contribution in [2.24, 2.45) is 0 Å². The Balaban J connectivity index is 1.95. The molecule has 1 saturated carbocycles. The molecule has 1 aliphatic carbocycles. The van der Waals surface area contributed by atoms with Gasteiger partial charge in [0, 0.05) is 11.6 Å². The molecule has 0 unspecified atom stereocenters. The number of rotatable bonds is 2. The maximum Gasteiger partial charge on any atom is 0.223 e. The average molecular weight is 283 g/mol. The van der Waals surface area contributed by atoms with E-state index in [0.717, 1.165) is 30.1 Å². The van der Waals surface area contributed by atoms with Crippen LogP contribution in [0, 0.1) is 6.92 Å². The molecule has 2 N–H and O–H groups in total. The van der Waals surface area contributed by atoms with Crippen LogP contribution >= 0.6 is 0 Å². The summed E-state index contributed by atoms with van der Waals surface area (Å²) in [4.78, 5) is 17.8. The highest BCUT2D eigenvalue weighted by molar-refractivity contribution is 5.50. The van der Waals surface area contributed by atoms with Crippen LogP contribution < -0.4 is 5.73 Å². The Bertz CT molecular complexity index is 618. The van der Waals surface area contributed by atoms with Crippen molar-refractivity contribution >= 4 is 5.95 Å². The smallest absolute Gasteiger partial charge is 0.223 e. The van der Waals surface area contributed by atoms with Crippen LogP contribution in [0.25, 0.3) is 11.5 Å². The zero-order chi connectivity index (χ0) is 14.7. The number of aryl methyl sites for hydroxylation is 1. The largest absolute Gasteiger partial charge is 0.368 e. The monoisotopic (exact) mass is 283 g/mol. The first-order valence-electron chi connectivity index (χ1n) is 7.68. The zero-order valence-corrected chi connectivity index (χ0v) is 12.4. The molecule has 5 nitrogen and oxygen atoms in total. The van der Waals surface area contributed by atoms with Crippen LogP contribution in [0.1, 0.15) is 56.0 Å². The fourth-order valence-corrected chi connectivity index (χ4v) is 2.91. The molecule has 0 bridgehead atoms. The summed E-state index contributed by atoms with van der Waals surface area (Å²) < 4.78 is 0. The van der Waals surface area contributed by atoms with E-state index in [1.54, 1.807) is 0 Å². The minimum absolute atomic E-state index is 0.294. The number of hydrogen-bond donors (Lipinski definition) is 1. The molecule has 21 heavy (non-hydrogen) atoms. The number of nitrogen functional groups attached to an aromatic ring is 1. The van der Waals surface area contributed by atoms with E-state index < -0.39 is 0 Å². The lowest BCUT2D eigenvalue weighted by Crippen LogP contribution is -2.10. The average Bonchev–Trinajstić information content (AvgIpc) is 2.76. The van der Waals surface area contributed by atoms with Gasteiger partial charge in [-0.25, -0.2) is 9.97 Å². The molecule has 2 heterocycles. The van der Waals surface area contributed by atoms with E-state index in [4.69, 9.17) is 5.73 Å². The van der Waals surface area contributed by atoms with E-state index in [1.807, 2.05) is 25.1 Å². The first-order valence-corrected chi connectivity index (χ1v) is 7.68. The molecule has 0 aromatic carbocycles. The third-order valence-electron chi connectivity index (χ3n) is 4.01. The highest BCUT2D eigenvalue weighted by Crippen LogP contribution is 2.30. The van der Waals surface area contributed by atoms with Crippen molar-refractivity contribution in [3.05, 3.63) is 29.7 Å². The first kappa shape index (κ1) is 13.9. The van der Waals surface area contributed by atoms with Gasteiger partial charge in [0.05, 0.1) is 0 Å². The third-order valence-corrected chi connectivity index (χ3v) is 4.01. The number of pyridine rings is 1. The topological polar surface area (TPSA) is 77.6 Å². The second-order valence-corrected chi connectivity index (χ2v) is 5.73. The van der Waals surface area contributed by atoms with Gasteiger partial charge in [-0.3, -0.25) is 0 Å². The van der Waals surface area contributed by atoms with Gasteiger partial charge in [0.15, 0.2) is 5.82 Å². The Labute approximate surface area is 125 Å². The number of aromatic nitrogens is 4. The summed E-state index contributed by atoms with van der Waals surface area (Å²) in [6.45, 7) is 1.96. The van der Waals surface area contributed by atoms with Crippen molar-refractivity contribution in [1.29, 1.82) is 0 Å². The zero-order valence-electron chi connectivity index (χ0n) is 12.4. The predicted molar refractivity (Wildman–Crippen MR) is 82.7 cm³/mol. The van der Waals surface area contributed by atoms with E-state index in [9.17, 15) is 0 Å². The maximum absolute atomic E-state index is 5.89. The summed E-state index contributed by atoms with van der Waals surface area (Å²) in [5, 5.41) is 0. The lowest BCUT2D eigenvalue weighted by Gasteiger charge is -2.13. The lowest BCUT2D eigenvalue weighted by atomic mass is 9.99. The Morgan fingerprint density at radius 2 is 1.71 bits per heavy atom. The van der Waals surface area contributed by atoms with Crippen LogP contribution in [0.5, 0.6) is 0 Å². The van der Waals surface area contributed by atoms with Crippen LogP contribution in [0.4, 0.5) is 5.95 Å². The normalized spacial score (nSPS) is 16.6. The standard InChI is InChI=1S/C16H21N5/c1-11-7-6-10-13(18-11)15-19-14(20-16(17)21-15)12-8-4-2-3-5-9-12/h6-7,10,12H,2-5,8-9H2,1H3,(H2,17,19,20,21). The molecule has 0 amide bonds. The fourth-order valence-electron chi connectivity index (χ4n) is 2.91. The molecule has 2 aromatic heterocycles. The van der Waals surface area contributed by atoms with Crippen LogP contribution in [0.15, 0.2) is 18.2 Å². The summed E-state index contributed by atoms with van der Waals surface area (Å²) in [7, 11) is 0. The molecule has 0 atom stereocenters. The first-order chi connectivity index (χ1) is 10.2. The van der Waals surface area contributed by atoms with Gasteiger partial charge < -0.3 is 5.73 Å². The van der Waals surface area contributed by atoms with Crippen molar-refractivity contribution in [2.75, 3.05) is 5.73 Å². The van der Waals surface area contributed by atoms with Crippen molar-refractivity contribution in [1.82, 2.24) is 19.9 Å². The number of anilines is 1. The number of nitrogens with two attached hydrogens (primary N) is 1. The Kier molecular flexibility index (Phi) is 4.08. The van der Waals surface area contributed by atoms with E-state index >= 15 is 0 Å². The Hall–Kier alpha value is -2.04. The predicted octanol–water partition coefficient (Wildman–Crippen LogP) is 3.26. The molecule has 0 aliphatic heterocycles. The Morgan fingerprint density at radius 1 is 0.952 bits per heavy atom. The van der Waals surface area contributed by atoms with E-state index in [-0.39, 0.29) is 0 Å². The van der Waals surface area contributed by atoms with Gasteiger partial charge in [0.2, 0.25) is 5.95 Å². The van der Waals surface area contributed by atoms with Gasteiger partial charge in [-0.05, 0) is 31.9 Å². The van der Waals surface area contributed by atoms with E-state index in [0.29, 0.717) is 17.7 Å².